The van der Waals surface area contributed by atoms with Crippen molar-refractivity contribution in [2.24, 2.45) is 0 Å². The molecular formula is C13H11Cl2NO2. The van der Waals surface area contributed by atoms with E-state index in [0.717, 1.165) is 11.3 Å². The third kappa shape index (κ3) is 2.57. The maximum absolute atomic E-state index is 11.6. The van der Waals surface area contributed by atoms with Crippen molar-refractivity contribution in [3.8, 4) is 0 Å². The van der Waals surface area contributed by atoms with Crippen LogP contribution in [0.4, 0.5) is 0 Å². The molecule has 1 aliphatic heterocycles. The summed E-state index contributed by atoms with van der Waals surface area (Å²) in [5, 5.41) is -0.359. The second-order valence-corrected chi connectivity index (χ2v) is 4.73. The fourth-order valence-electron chi connectivity index (χ4n) is 1.81. The maximum atomic E-state index is 11.6. The standard InChI is InChI=1S/C13H11Cl2NO2/c14-10-11(15)13(18)16(12(10)17)8-4-7-9-5-2-1-3-6-9/h1-3,5-6H,4,7-8H2. The van der Waals surface area contributed by atoms with Gasteiger partial charge in [-0.25, -0.2) is 0 Å². The highest BCUT2D eigenvalue weighted by Crippen LogP contribution is 2.26. The minimum atomic E-state index is -0.500. The Morgan fingerprint density at radius 3 is 2.06 bits per heavy atom. The summed E-state index contributed by atoms with van der Waals surface area (Å²) in [5.74, 6) is -1.00. The van der Waals surface area contributed by atoms with Gasteiger partial charge in [-0.3, -0.25) is 14.5 Å². The van der Waals surface area contributed by atoms with E-state index < -0.39 is 11.8 Å². The fraction of sp³-hybridized carbons (Fsp3) is 0.231. The van der Waals surface area contributed by atoms with Crippen LogP contribution >= 0.6 is 23.2 Å². The van der Waals surface area contributed by atoms with Crippen molar-refractivity contribution in [1.29, 1.82) is 0 Å². The lowest BCUT2D eigenvalue weighted by Gasteiger charge is -2.13. The van der Waals surface area contributed by atoms with Crippen LogP contribution in [-0.2, 0) is 16.0 Å². The van der Waals surface area contributed by atoms with E-state index in [1.807, 2.05) is 30.3 Å². The van der Waals surface area contributed by atoms with Crippen LogP contribution in [0.15, 0.2) is 40.4 Å². The lowest BCUT2D eigenvalue weighted by molar-refractivity contribution is -0.137. The van der Waals surface area contributed by atoms with Crippen LogP contribution in [0, 0.1) is 0 Å². The first-order valence-electron chi connectivity index (χ1n) is 5.56. The molecule has 1 aromatic carbocycles. The van der Waals surface area contributed by atoms with E-state index in [2.05, 4.69) is 0 Å². The number of amides is 2. The highest BCUT2D eigenvalue weighted by molar-refractivity contribution is 6.58. The van der Waals surface area contributed by atoms with Crippen LogP contribution in [0.5, 0.6) is 0 Å². The number of carbonyl (C=O) groups excluding carboxylic acids is 2. The summed E-state index contributed by atoms with van der Waals surface area (Å²) in [4.78, 5) is 24.3. The van der Waals surface area contributed by atoms with Gasteiger partial charge in [0.1, 0.15) is 10.1 Å². The average Bonchev–Trinajstić information content (AvgIpc) is 2.57. The largest absolute Gasteiger partial charge is 0.274 e. The SMILES string of the molecule is O=C1C(Cl)=C(Cl)C(=O)N1CCCc1ccccc1. The smallest absolute Gasteiger partial charge is 0.273 e. The molecule has 3 nitrogen and oxygen atoms in total. The average molecular weight is 284 g/mol. The molecule has 1 heterocycles. The van der Waals surface area contributed by atoms with Crippen molar-refractivity contribution in [3.05, 3.63) is 46.0 Å². The highest BCUT2D eigenvalue weighted by atomic mass is 35.5. The molecule has 0 saturated carbocycles. The van der Waals surface area contributed by atoms with Gasteiger partial charge in [0.2, 0.25) is 0 Å². The van der Waals surface area contributed by atoms with Crippen LogP contribution in [0.3, 0.4) is 0 Å². The molecule has 1 aromatic rings. The third-order valence-corrected chi connectivity index (χ3v) is 3.55. The van der Waals surface area contributed by atoms with Crippen molar-refractivity contribution < 1.29 is 9.59 Å². The monoisotopic (exact) mass is 283 g/mol. The van der Waals surface area contributed by atoms with Crippen molar-refractivity contribution in [2.45, 2.75) is 12.8 Å². The quantitative estimate of drug-likeness (QED) is 0.797. The van der Waals surface area contributed by atoms with E-state index in [1.54, 1.807) is 0 Å². The lowest BCUT2D eigenvalue weighted by atomic mass is 10.1. The minimum Gasteiger partial charge on any atom is -0.273 e. The van der Waals surface area contributed by atoms with Crippen molar-refractivity contribution >= 4 is 35.0 Å². The summed E-state index contributed by atoms with van der Waals surface area (Å²) in [6, 6.07) is 9.87. The van der Waals surface area contributed by atoms with Gasteiger partial charge in [-0.1, -0.05) is 53.5 Å². The summed E-state index contributed by atoms with van der Waals surface area (Å²) in [6.07, 6.45) is 1.49. The molecule has 0 aromatic heterocycles. The predicted octanol–water partition coefficient (Wildman–Crippen LogP) is 2.68. The first-order chi connectivity index (χ1) is 8.61. The van der Waals surface area contributed by atoms with Crippen LogP contribution in [0.1, 0.15) is 12.0 Å². The molecule has 0 atom stereocenters. The second kappa shape index (κ2) is 5.55. The highest BCUT2D eigenvalue weighted by Gasteiger charge is 2.35. The van der Waals surface area contributed by atoms with Gasteiger partial charge in [0.25, 0.3) is 11.8 Å². The Morgan fingerprint density at radius 1 is 0.944 bits per heavy atom. The van der Waals surface area contributed by atoms with Gasteiger partial charge in [-0.15, -0.1) is 0 Å². The van der Waals surface area contributed by atoms with E-state index in [-0.39, 0.29) is 10.1 Å². The maximum Gasteiger partial charge on any atom is 0.274 e. The Bertz CT molecular complexity index is 487. The van der Waals surface area contributed by atoms with Gasteiger partial charge in [0.15, 0.2) is 0 Å². The first kappa shape index (κ1) is 13.1. The molecule has 94 valence electrons. The van der Waals surface area contributed by atoms with Gasteiger partial charge < -0.3 is 0 Å². The third-order valence-electron chi connectivity index (χ3n) is 2.75. The number of nitrogens with zero attached hydrogens (tertiary/aromatic N) is 1. The Kier molecular flexibility index (Phi) is 4.04. The summed E-state index contributed by atoms with van der Waals surface area (Å²) < 4.78 is 0. The molecule has 0 fully saturated rings. The van der Waals surface area contributed by atoms with Gasteiger partial charge in [-0.05, 0) is 18.4 Å². The normalized spacial score (nSPS) is 15.8. The molecule has 0 aliphatic carbocycles. The summed E-state index contributed by atoms with van der Waals surface area (Å²) in [6.45, 7) is 0.332. The summed E-state index contributed by atoms with van der Waals surface area (Å²) in [5.41, 5.74) is 1.17. The Labute approximate surface area is 115 Å². The molecule has 0 radical (unpaired) electrons. The number of benzene rings is 1. The zero-order valence-electron chi connectivity index (χ0n) is 9.53. The zero-order chi connectivity index (χ0) is 13.1. The molecule has 18 heavy (non-hydrogen) atoms. The molecule has 2 amide bonds. The van der Waals surface area contributed by atoms with Gasteiger partial charge in [0.05, 0.1) is 0 Å². The fourth-order valence-corrected chi connectivity index (χ4v) is 2.17. The van der Waals surface area contributed by atoms with E-state index in [4.69, 9.17) is 23.2 Å². The molecule has 0 N–H and O–H groups in total. The molecule has 0 spiro atoms. The minimum absolute atomic E-state index is 0.179. The van der Waals surface area contributed by atoms with Crippen LogP contribution in [0.2, 0.25) is 0 Å². The number of carbonyl (C=O) groups is 2. The molecule has 1 aliphatic rings. The summed E-state index contributed by atoms with van der Waals surface area (Å²) in [7, 11) is 0. The Morgan fingerprint density at radius 2 is 1.50 bits per heavy atom. The van der Waals surface area contributed by atoms with Crippen molar-refractivity contribution in [3.63, 3.8) is 0 Å². The molecule has 0 saturated heterocycles. The van der Waals surface area contributed by atoms with Crippen LogP contribution in [-0.4, -0.2) is 23.3 Å². The molecular weight excluding hydrogens is 273 g/mol. The van der Waals surface area contributed by atoms with E-state index in [1.165, 1.54) is 5.56 Å². The molecule has 0 bridgehead atoms. The number of hydrogen-bond acceptors (Lipinski definition) is 2. The van der Waals surface area contributed by atoms with Crippen LogP contribution in [0.25, 0.3) is 0 Å². The Hall–Kier alpha value is -1.32. The Balaban J connectivity index is 1.89. The van der Waals surface area contributed by atoms with Crippen molar-refractivity contribution in [2.75, 3.05) is 6.54 Å². The van der Waals surface area contributed by atoms with Crippen LogP contribution < -0.4 is 0 Å². The second-order valence-electron chi connectivity index (χ2n) is 3.98. The van der Waals surface area contributed by atoms with Gasteiger partial charge in [-0.2, -0.15) is 0 Å². The molecule has 2 rings (SSSR count). The molecule has 5 heteroatoms. The first-order valence-corrected chi connectivity index (χ1v) is 6.32. The number of aryl methyl sites for hydroxylation is 1. The molecule has 0 unspecified atom stereocenters. The van der Waals surface area contributed by atoms with Gasteiger partial charge >= 0.3 is 0 Å². The number of rotatable bonds is 4. The van der Waals surface area contributed by atoms with Gasteiger partial charge in [0, 0.05) is 6.54 Å². The summed E-state index contributed by atoms with van der Waals surface area (Å²) >= 11 is 11.3. The van der Waals surface area contributed by atoms with E-state index in [9.17, 15) is 9.59 Å². The number of halogens is 2. The topological polar surface area (TPSA) is 37.4 Å². The number of hydrogen-bond donors (Lipinski definition) is 0. The number of imide groups is 1. The zero-order valence-corrected chi connectivity index (χ0v) is 11.0. The lowest BCUT2D eigenvalue weighted by Crippen LogP contribution is -2.32. The van der Waals surface area contributed by atoms with E-state index >= 15 is 0 Å². The van der Waals surface area contributed by atoms with E-state index in [0.29, 0.717) is 13.0 Å². The van der Waals surface area contributed by atoms with Crippen molar-refractivity contribution in [1.82, 2.24) is 4.90 Å². The predicted molar refractivity (Wildman–Crippen MR) is 70.2 cm³/mol.